The number of allylic oxidation sites excluding steroid dienone is 4. The van der Waals surface area contributed by atoms with Gasteiger partial charge >= 0.3 is 0 Å². The predicted molar refractivity (Wildman–Crippen MR) is 121 cm³/mol. The number of nitriles is 2. The lowest BCUT2D eigenvalue weighted by atomic mass is 9.80. The summed E-state index contributed by atoms with van der Waals surface area (Å²) in [6, 6.07) is 11.7. The molecule has 3 nitrogen and oxygen atoms in total. The minimum atomic E-state index is -0.737. The molecule has 0 bridgehead atoms. The summed E-state index contributed by atoms with van der Waals surface area (Å²) in [6.07, 6.45) is 16.9. The van der Waals surface area contributed by atoms with Crippen LogP contribution in [0.1, 0.15) is 81.3 Å². The number of hydrogen-bond acceptors (Lipinski definition) is 3. The van der Waals surface area contributed by atoms with Crippen LogP contribution in [-0.4, -0.2) is 12.7 Å². The van der Waals surface area contributed by atoms with Gasteiger partial charge in [-0.1, -0.05) is 37.1 Å². The van der Waals surface area contributed by atoms with Gasteiger partial charge < -0.3 is 4.74 Å². The molecule has 2 saturated carbocycles. The summed E-state index contributed by atoms with van der Waals surface area (Å²) >= 11 is 0. The first kappa shape index (κ1) is 23.2. The highest BCUT2D eigenvalue weighted by Crippen LogP contribution is 2.36. The van der Waals surface area contributed by atoms with Crippen molar-refractivity contribution in [1.29, 1.82) is 10.5 Å². The van der Waals surface area contributed by atoms with Crippen LogP contribution in [0, 0.1) is 34.5 Å². The van der Waals surface area contributed by atoms with E-state index in [1.54, 1.807) is 6.08 Å². The van der Waals surface area contributed by atoms with Crippen molar-refractivity contribution in [2.45, 2.75) is 76.2 Å². The Labute approximate surface area is 186 Å². The Balaban J connectivity index is 1.28. The Bertz CT molecular complexity index is 814. The zero-order valence-electron chi connectivity index (χ0n) is 18.3. The van der Waals surface area contributed by atoms with E-state index >= 15 is 0 Å². The molecular formula is C27H33FN2O. The number of nitrogens with zero attached hydrogens (tertiary/aromatic N) is 2. The average Bonchev–Trinajstić information content (AvgIpc) is 2.83. The summed E-state index contributed by atoms with van der Waals surface area (Å²) < 4.78 is 19.0. The highest BCUT2D eigenvalue weighted by molar-refractivity contribution is 5.33. The molecule has 0 unspecified atom stereocenters. The fourth-order valence-corrected chi connectivity index (χ4v) is 4.97. The molecule has 3 rings (SSSR count). The predicted octanol–water partition coefficient (Wildman–Crippen LogP) is 7.12. The molecule has 0 heterocycles. The molecular weight excluding hydrogens is 387 g/mol. The summed E-state index contributed by atoms with van der Waals surface area (Å²) in [5.74, 6) is 1.31. The van der Waals surface area contributed by atoms with Gasteiger partial charge in [0, 0.05) is 6.61 Å². The van der Waals surface area contributed by atoms with Gasteiger partial charge in [0.25, 0.3) is 0 Å². The van der Waals surface area contributed by atoms with E-state index in [1.807, 2.05) is 18.2 Å². The lowest BCUT2D eigenvalue weighted by Crippen LogP contribution is -2.25. The summed E-state index contributed by atoms with van der Waals surface area (Å²) in [7, 11) is 0. The van der Waals surface area contributed by atoms with E-state index in [2.05, 4.69) is 18.2 Å². The summed E-state index contributed by atoms with van der Waals surface area (Å²) in [5, 5.41) is 17.3. The van der Waals surface area contributed by atoms with Crippen LogP contribution in [0.3, 0.4) is 0 Å². The number of ether oxygens (including phenoxy) is 1. The first-order valence-corrected chi connectivity index (χ1v) is 11.7. The molecule has 2 fully saturated rings. The topological polar surface area (TPSA) is 56.8 Å². The lowest BCUT2D eigenvalue weighted by molar-refractivity contribution is -0.00474. The highest BCUT2D eigenvalue weighted by Gasteiger charge is 2.25. The lowest BCUT2D eigenvalue weighted by Gasteiger charge is -2.32. The average molecular weight is 421 g/mol. The molecule has 2 aliphatic carbocycles. The zero-order chi connectivity index (χ0) is 21.9. The van der Waals surface area contributed by atoms with E-state index in [1.165, 1.54) is 56.2 Å². The third-order valence-corrected chi connectivity index (χ3v) is 6.95. The smallest absolute Gasteiger partial charge is 0.199 e. The number of halogens is 1. The normalized spacial score (nSPS) is 27.0. The van der Waals surface area contributed by atoms with E-state index < -0.39 is 5.83 Å². The molecule has 0 amide bonds. The van der Waals surface area contributed by atoms with Crippen molar-refractivity contribution in [2.24, 2.45) is 11.8 Å². The van der Waals surface area contributed by atoms with E-state index in [0.29, 0.717) is 17.9 Å². The summed E-state index contributed by atoms with van der Waals surface area (Å²) in [6.45, 7) is 0.900. The third kappa shape index (κ3) is 7.64. The first-order valence-electron chi connectivity index (χ1n) is 11.7. The van der Waals surface area contributed by atoms with Crippen molar-refractivity contribution in [3.8, 4) is 12.1 Å². The van der Waals surface area contributed by atoms with Crippen LogP contribution in [0.2, 0.25) is 0 Å². The molecule has 1 aromatic rings. The van der Waals surface area contributed by atoms with E-state index in [0.717, 1.165) is 43.8 Å². The molecule has 0 N–H and O–H groups in total. The third-order valence-electron chi connectivity index (χ3n) is 6.95. The first-order chi connectivity index (χ1) is 15.2. The maximum atomic E-state index is 12.7. The SMILES string of the molecule is N#CC(F)=CC=CCCC1CCC(COC2CCC(c3ccc(C#N)cc3)CC2)CC1. The maximum Gasteiger partial charge on any atom is 0.199 e. The quantitative estimate of drug-likeness (QED) is 0.332. The molecule has 164 valence electrons. The number of rotatable bonds is 8. The molecule has 31 heavy (non-hydrogen) atoms. The monoisotopic (exact) mass is 420 g/mol. The molecule has 1 aromatic carbocycles. The minimum absolute atomic E-state index is 0.402. The Morgan fingerprint density at radius 2 is 1.65 bits per heavy atom. The van der Waals surface area contributed by atoms with E-state index in [4.69, 9.17) is 15.3 Å². The molecule has 0 saturated heterocycles. The molecule has 0 atom stereocenters. The molecule has 2 aliphatic rings. The standard InChI is InChI=1S/C27H33FN2O/c28-26(19-30)5-3-1-2-4-21-6-8-23(9-7-21)20-31-27-16-14-25(15-17-27)24-12-10-22(18-29)11-13-24/h1,3,5,10-13,21,23,25,27H,2,4,6-9,14-17,20H2. The van der Waals surface area contributed by atoms with Crippen LogP contribution in [-0.2, 0) is 4.74 Å². The van der Waals surface area contributed by atoms with Gasteiger partial charge in [0.2, 0.25) is 0 Å². The zero-order valence-corrected chi connectivity index (χ0v) is 18.3. The van der Waals surface area contributed by atoms with Crippen LogP contribution in [0.25, 0.3) is 0 Å². The van der Waals surface area contributed by atoms with E-state index in [9.17, 15) is 4.39 Å². The maximum absolute atomic E-state index is 12.7. The van der Waals surface area contributed by atoms with Crippen molar-refractivity contribution >= 4 is 0 Å². The van der Waals surface area contributed by atoms with Crippen LogP contribution in [0.5, 0.6) is 0 Å². The van der Waals surface area contributed by atoms with Crippen molar-refractivity contribution < 1.29 is 9.13 Å². The molecule has 0 spiro atoms. The van der Waals surface area contributed by atoms with Gasteiger partial charge in [0.05, 0.1) is 17.7 Å². The van der Waals surface area contributed by atoms with Crippen LogP contribution in [0.4, 0.5) is 4.39 Å². The Morgan fingerprint density at radius 1 is 0.968 bits per heavy atom. The van der Waals surface area contributed by atoms with Crippen molar-refractivity contribution in [2.75, 3.05) is 6.61 Å². The second kappa shape index (κ2) is 12.4. The second-order valence-electron chi connectivity index (χ2n) is 9.06. The van der Waals surface area contributed by atoms with Crippen molar-refractivity contribution in [3.05, 3.63) is 59.4 Å². The number of benzene rings is 1. The van der Waals surface area contributed by atoms with Crippen LogP contribution in [0.15, 0.2) is 48.3 Å². The van der Waals surface area contributed by atoms with Gasteiger partial charge in [-0.15, -0.1) is 0 Å². The number of hydrogen-bond donors (Lipinski definition) is 0. The van der Waals surface area contributed by atoms with Gasteiger partial charge in [-0.05, 0) is 92.9 Å². The molecule has 0 aliphatic heterocycles. The Kier molecular flexibility index (Phi) is 9.32. The molecule has 4 heteroatoms. The van der Waals surface area contributed by atoms with Crippen molar-refractivity contribution in [3.63, 3.8) is 0 Å². The van der Waals surface area contributed by atoms with Crippen LogP contribution < -0.4 is 0 Å². The van der Waals surface area contributed by atoms with E-state index in [-0.39, 0.29) is 0 Å². The Hall–Kier alpha value is -2.43. The van der Waals surface area contributed by atoms with Gasteiger partial charge in [0.1, 0.15) is 6.07 Å². The second-order valence-corrected chi connectivity index (χ2v) is 9.06. The summed E-state index contributed by atoms with van der Waals surface area (Å²) in [4.78, 5) is 0. The van der Waals surface area contributed by atoms with Gasteiger partial charge in [-0.3, -0.25) is 0 Å². The van der Waals surface area contributed by atoms with Crippen LogP contribution >= 0.6 is 0 Å². The van der Waals surface area contributed by atoms with Gasteiger partial charge in [-0.2, -0.15) is 14.9 Å². The summed E-state index contributed by atoms with van der Waals surface area (Å²) in [5.41, 5.74) is 2.09. The van der Waals surface area contributed by atoms with Crippen molar-refractivity contribution in [1.82, 2.24) is 0 Å². The molecule has 0 aromatic heterocycles. The largest absolute Gasteiger partial charge is 0.378 e. The van der Waals surface area contributed by atoms with Gasteiger partial charge in [-0.25, -0.2) is 0 Å². The fourth-order valence-electron chi connectivity index (χ4n) is 4.97. The Morgan fingerprint density at radius 3 is 2.29 bits per heavy atom. The highest BCUT2D eigenvalue weighted by atomic mass is 19.1. The van der Waals surface area contributed by atoms with Gasteiger partial charge in [0.15, 0.2) is 5.83 Å². The molecule has 0 radical (unpaired) electrons. The minimum Gasteiger partial charge on any atom is -0.378 e. The fraction of sp³-hybridized carbons (Fsp3) is 0.556.